The molecule has 13 heavy (non-hydrogen) atoms. The number of hydrogen-bond donors (Lipinski definition) is 3. The van der Waals surface area contributed by atoms with Gasteiger partial charge < -0.3 is 15.6 Å². The van der Waals surface area contributed by atoms with E-state index in [1.54, 1.807) is 0 Å². The van der Waals surface area contributed by atoms with Crippen molar-refractivity contribution in [2.24, 2.45) is 5.73 Å². The fraction of sp³-hybridized carbons (Fsp3) is 0.750. The maximum Gasteiger partial charge on any atom is 0.300 e. The van der Waals surface area contributed by atoms with Crippen LogP contribution in [-0.2, 0) is 9.53 Å². The molecule has 0 radical (unpaired) electrons. The first-order valence-corrected chi connectivity index (χ1v) is 4.19. The highest BCUT2D eigenvalue weighted by Crippen LogP contribution is 2.11. The molecule has 1 atom stereocenters. The van der Waals surface area contributed by atoms with Gasteiger partial charge in [0.15, 0.2) is 0 Å². The van der Waals surface area contributed by atoms with Crippen LogP contribution in [0.2, 0.25) is 0 Å². The number of nitrogens with one attached hydrogen (secondary N) is 1. The van der Waals surface area contributed by atoms with Gasteiger partial charge in [-0.15, -0.1) is 0 Å². The van der Waals surface area contributed by atoms with Crippen LogP contribution >= 0.6 is 0 Å². The minimum absolute atomic E-state index is 0.0845. The van der Waals surface area contributed by atoms with Crippen LogP contribution in [0.15, 0.2) is 0 Å². The molecule has 1 fully saturated rings. The van der Waals surface area contributed by atoms with E-state index in [1.165, 1.54) is 0 Å². The lowest BCUT2D eigenvalue weighted by Gasteiger charge is -2.20. The van der Waals surface area contributed by atoms with Crippen molar-refractivity contribution in [2.75, 3.05) is 6.61 Å². The predicted octanol–water partition coefficient (Wildman–Crippen LogP) is 0.582. The molecule has 0 amide bonds. The van der Waals surface area contributed by atoms with Gasteiger partial charge in [0.25, 0.3) is 5.97 Å². The molecule has 0 spiro atoms. The Bertz CT molecular complexity index is 172. The Morgan fingerprint density at radius 3 is 2.38 bits per heavy atom. The van der Waals surface area contributed by atoms with Crippen LogP contribution in [0.4, 0.5) is 0 Å². The molecule has 5 nitrogen and oxygen atoms in total. The van der Waals surface area contributed by atoms with Crippen LogP contribution in [0.25, 0.3) is 0 Å². The minimum Gasteiger partial charge on any atom is -0.481 e. The Labute approximate surface area is 77.4 Å². The zero-order valence-corrected chi connectivity index (χ0v) is 7.75. The van der Waals surface area contributed by atoms with Gasteiger partial charge >= 0.3 is 0 Å². The molecule has 0 aromatic rings. The van der Waals surface area contributed by atoms with E-state index in [1.807, 2.05) is 0 Å². The average molecular weight is 188 g/mol. The molecule has 1 aliphatic heterocycles. The fourth-order valence-electron chi connectivity index (χ4n) is 0.986. The van der Waals surface area contributed by atoms with E-state index in [0.717, 1.165) is 32.8 Å². The Hall–Kier alpha value is -1.10. The van der Waals surface area contributed by atoms with Gasteiger partial charge in [-0.2, -0.15) is 0 Å². The van der Waals surface area contributed by atoms with Crippen molar-refractivity contribution < 1.29 is 14.6 Å². The Kier molecular flexibility index (Phi) is 5.88. The van der Waals surface area contributed by atoms with Crippen LogP contribution in [0.3, 0.4) is 0 Å². The number of aliphatic carboxylic acids is 1. The first-order valence-electron chi connectivity index (χ1n) is 4.19. The number of ether oxygens (including phenoxy) is 1. The van der Waals surface area contributed by atoms with E-state index < -0.39 is 5.97 Å². The third kappa shape index (κ3) is 7.27. The summed E-state index contributed by atoms with van der Waals surface area (Å²) in [5.41, 5.74) is 5.23. The standard InChI is InChI=1S/C6H12N2O.C2H4O2/c7-6(8)5-3-1-2-4-9-5;1-2(3)4/h5H,1-4H2,(H3,7,8);1H3,(H,3,4). The van der Waals surface area contributed by atoms with Gasteiger partial charge in [-0.25, -0.2) is 0 Å². The van der Waals surface area contributed by atoms with E-state index in [0.29, 0.717) is 0 Å². The zero-order valence-electron chi connectivity index (χ0n) is 7.75. The quantitative estimate of drug-likeness (QED) is 0.414. The summed E-state index contributed by atoms with van der Waals surface area (Å²) in [5, 5.41) is 14.5. The maximum atomic E-state index is 9.00. The molecular formula is C8H16N2O3. The Morgan fingerprint density at radius 2 is 2.15 bits per heavy atom. The predicted molar refractivity (Wildman–Crippen MR) is 48.8 cm³/mol. The number of carboxylic acid groups (broad SMARTS) is 1. The highest BCUT2D eigenvalue weighted by atomic mass is 16.5. The third-order valence-corrected chi connectivity index (χ3v) is 1.53. The molecule has 0 aromatic heterocycles. The number of rotatable bonds is 1. The maximum absolute atomic E-state index is 9.00. The first kappa shape index (κ1) is 11.9. The summed E-state index contributed by atoms with van der Waals surface area (Å²) >= 11 is 0. The van der Waals surface area contributed by atoms with Gasteiger partial charge in [0.05, 0.1) is 0 Å². The molecule has 5 heteroatoms. The van der Waals surface area contributed by atoms with Crippen molar-refractivity contribution >= 4 is 11.8 Å². The second-order valence-electron chi connectivity index (χ2n) is 2.83. The number of carboxylic acids is 1. The molecule has 1 saturated heterocycles. The Balaban J connectivity index is 0.000000310. The Morgan fingerprint density at radius 1 is 1.62 bits per heavy atom. The molecule has 1 unspecified atom stereocenters. The SMILES string of the molecule is CC(=O)O.N=C(N)C1CCCCO1. The van der Waals surface area contributed by atoms with E-state index in [4.69, 9.17) is 25.8 Å². The zero-order chi connectivity index (χ0) is 10.3. The topological polar surface area (TPSA) is 96.4 Å². The smallest absolute Gasteiger partial charge is 0.300 e. The number of amidine groups is 1. The van der Waals surface area contributed by atoms with Crippen LogP contribution in [-0.4, -0.2) is 29.6 Å². The largest absolute Gasteiger partial charge is 0.481 e. The van der Waals surface area contributed by atoms with Crippen molar-refractivity contribution in [3.05, 3.63) is 0 Å². The van der Waals surface area contributed by atoms with Gasteiger partial charge in [0, 0.05) is 13.5 Å². The third-order valence-electron chi connectivity index (χ3n) is 1.53. The van der Waals surface area contributed by atoms with Gasteiger partial charge in [0.1, 0.15) is 11.9 Å². The normalized spacial score (nSPS) is 21.2. The number of carbonyl (C=O) groups is 1. The highest BCUT2D eigenvalue weighted by molar-refractivity contribution is 5.81. The lowest BCUT2D eigenvalue weighted by molar-refractivity contribution is -0.134. The first-order chi connectivity index (χ1) is 6.04. The highest BCUT2D eigenvalue weighted by Gasteiger charge is 2.15. The summed E-state index contributed by atoms with van der Waals surface area (Å²) in [7, 11) is 0. The second-order valence-corrected chi connectivity index (χ2v) is 2.83. The summed E-state index contributed by atoms with van der Waals surface area (Å²) < 4.78 is 5.19. The lowest BCUT2D eigenvalue weighted by Crippen LogP contribution is -2.33. The summed E-state index contributed by atoms with van der Waals surface area (Å²) in [6, 6.07) is 0. The van der Waals surface area contributed by atoms with E-state index in [2.05, 4.69) is 0 Å². The van der Waals surface area contributed by atoms with Crippen molar-refractivity contribution in [3.63, 3.8) is 0 Å². The summed E-state index contributed by atoms with van der Waals surface area (Å²) in [6.45, 7) is 1.85. The van der Waals surface area contributed by atoms with Crippen molar-refractivity contribution in [2.45, 2.75) is 32.3 Å². The van der Waals surface area contributed by atoms with Crippen LogP contribution < -0.4 is 5.73 Å². The molecule has 0 saturated carbocycles. The van der Waals surface area contributed by atoms with Gasteiger partial charge in [-0.1, -0.05) is 0 Å². The molecule has 0 aromatic carbocycles. The van der Waals surface area contributed by atoms with Crippen molar-refractivity contribution in [3.8, 4) is 0 Å². The number of hydrogen-bond acceptors (Lipinski definition) is 3. The minimum atomic E-state index is -0.833. The number of nitrogens with two attached hydrogens (primary N) is 1. The monoisotopic (exact) mass is 188 g/mol. The summed E-state index contributed by atoms with van der Waals surface area (Å²) in [5.74, 6) is -0.658. The lowest BCUT2D eigenvalue weighted by atomic mass is 10.1. The molecule has 1 aliphatic rings. The molecule has 0 bridgehead atoms. The summed E-state index contributed by atoms with van der Waals surface area (Å²) in [4.78, 5) is 9.00. The molecule has 1 rings (SSSR count). The van der Waals surface area contributed by atoms with Crippen LogP contribution in [0, 0.1) is 5.41 Å². The van der Waals surface area contributed by atoms with Crippen molar-refractivity contribution in [1.82, 2.24) is 0 Å². The van der Waals surface area contributed by atoms with E-state index >= 15 is 0 Å². The molecular weight excluding hydrogens is 172 g/mol. The molecule has 1 heterocycles. The molecule has 4 N–H and O–H groups in total. The van der Waals surface area contributed by atoms with Gasteiger partial charge in [-0.3, -0.25) is 10.2 Å². The fourth-order valence-corrected chi connectivity index (χ4v) is 0.986. The average Bonchev–Trinajstić information content (AvgIpc) is 2.05. The van der Waals surface area contributed by atoms with E-state index in [-0.39, 0.29) is 11.9 Å². The molecule has 76 valence electrons. The van der Waals surface area contributed by atoms with Crippen LogP contribution in [0.1, 0.15) is 26.2 Å². The van der Waals surface area contributed by atoms with Gasteiger partial charge in [-0.05, 0) is 19.3 Å². The second kappa shape index (κ2) is 6.42. The van der Waals surface area contributed by atoms with E-state index in [9.17, 15) is 0 Å². The van der Waals surface area contributed by atoms with Crippen LogP contribution in [0.5, 0.6) is 0 Å². The van der Waals surface area contributed by atoms with Crippen molar-refractivity contribution in [1.29, 1.82) is 5.41 Å². The van der Waals surface area contributed by atoms with Gasteiger partial charge in [0.2, 0.25) is 0 Å². The summed E-state index contributed by atoms with van der Waals surface area (Å²) in [6.07, 6.45) is 3.10. The molecule has 0 aliphatic carbocycles.